The van der Waals surface area contributed by atoms with Gasteiger partial charge in [0.05, 0.1) is 6.61 Å². The molecule has 1 unspecified atom stereocenters. The lowest BCUT2D eigenvalue weighted by atomic mass is 10.1. The van der Waals surface area contributed by atoms with Crippen molar-refractivity contribution in [3.63, 3.8) is 0 Å². The highest BCUT2D eigenvalue weighted by Gasteiger charge is 2.09. The predicted molar refractivity (Wildman–Crippen MR) is 75.6 cm³/mol. The van der Waals surface area contributed by atoms with E-state index in [0.29, 0.717) is 26.0 Å². The van der Waals surface area contributed by atoms with Crippen LogP contribution in [0.25, 0.3) is 0 Å². The van der Waals surface area contributed by atoms with Gasteiger partial charge in [-0.3, -0.25) is 9.59 Å². The molecule has 5 heteroatoms. The van der Waals surface area contributed by atoms with Crippen LogP contribution in [0.2, 0.25) is 0 Å². The molecular weight excluding hydrogens is 258 g/mol. The van der Waals surface area contributed by atoms with Crippen LogP contribution in [0.3, 0.4) is 0 Å². The Morgan fingerprint density at radius 2 is 2.00 bits per heavy atom. The molecule has 0 aliphatic heterocycles. The molecule has 0 aliphatic carbocycles. The van der Waals surface area contributed by atoms with Crippen LogP contribution in [0.4, 0.5) is 0 Å². The lowest BCUT2D eigenvalue weighted by molar-refractivity contribution is -0.138. The van der Waals surface area contributed by atoms with Crippen molar-refractivity contribution in [3.8, 4) is 5.75 Å². The third-order valence-corrected chi connectivity index (χ3v) is 2.73. The van der Waals surface area contributed by atoms with Crippen molar-refractivity contribution in [1.29, 1.82) is 0 Å². The number of carboxylic acid groups (broad SMARTS) is 1. The van der Waals surface area contributed by atoms with E-state index in [4.69, 9.17) is 9.84 Å². The van der Waals surface area contributed by atoms with E-state index in [1.165, 1.54) is 0 Å². The standard InChI is InChI=1S/C15H21NO4/c1-12(10-15(18)19)11-16-14(17)8-5-9-20-13-6-3-2-4-7-13/h2-4,6-7,12H,5,8-11H2,1H3,(H,16,17)(H,18,19). The molecule has 20 heavy (non-hydrogen) atoms. The zero-order chi connectivity index (χ0) is 14.8. The van der Waals surface area contributed by atoms with Gasteiger partial charge in [0.15, 0.2) is 0 Å². The Balaban J connectivity index is 2.07. The fraction of sp³-hybridized carbons (Fsp3) is 0.467. The van der Waals surface area contributed by atoms with Gasteiger partial charge in [-0.25, -0.2) is 0 Å². The van der Waals surface area contributed by atoms with E-state index in [1.807, 2.05) is 30.3 Å². The van der Waals surface area contributed by atoms with Crippen molar-refractivity contribution in [1.82, 2.24) is 5.32 Å². The molecule has 1 aromatic rings. The Morgan fingerprint density at radius 3 is 2.65 bits per heavy atom. The summed E-state index contributed by atoms with van der Waals surface area (Å²) >= 11 is 0. The summed E-state index contributed by atoms with van der Waals surface area (Å²) in [5.41, 5.74) is 0. The van der Waals surface area contributed by atoms with E-state index in [0.717, 1.165) is 5.75 Å². The molecule has 0 aliphatic rings. The van der Waals surface area contributed by atoms with E-state index in [9.17, 15) is 9.59 Å². The number of amides is 1. The first kappa shape index (κ1) is 16.0. The monoisotopic (exact) mass is 279 g/mol. The highest BCUT2D eigenvalue weighted by atomic mass is 16.5. The first-order valence-electron chi connectivity index (χ1n) is 6.74. The van der Waals surface area contributed by atoms with Crippen LogP contribution < -0.4 is 10.1 Å². The fourth-order valence-corrected chi connectivity index (χ4v) is 1.69. The van der Waals surface area contributed by atoms with Gasteiger partial charge in [0.1, 0.15) is 5.75 Å². The van der Waals surface area contributed by atoms with Gasteiger partial charge in [-0.1, -0.05) is 25.1 Å². The van der Waals surface area contributed by atoms with Crippen molar-refractivity contribution in [2.75, 3.05) is 13.2 Å². The predicted octanol–water partition coefficient (Wildman–Crippen LogP) is 2.07. The zero-order valence-corrected chi connectivity index (χ0v) is 11.7. The average Bonchev–Trinajstić information content (AvgIpc) is 2.42. The molecule has 1 amide bonds. The Labute approximate surface area is 118 Å². The van der Waals surface area contributed by atoms with E-state index < -0.39 is 5.97 Å². The molecule has 0 aromatic heterocycles. The summed E-state index contributed by atoms with van der Waals surface area (Å²) in [5, 5.41) is 11.3. The molecule has 1 atom stereocenters. The minimum absolute atomic E-state index is 0.0583. The van der Waals surface area contributed by atoms with Gasteiger partial charge in [0.2, 0.25) is 5.91 Å². The maximum Gasteiger partial charge on any atom is 0.303 e. The number of rotatable bonds is 9. The summed E-state index contributed by atoms with van der Waals surface area (Å²) < 4.78 is 5.48. The number of hydrogen-bond acceptors (Lipinski definition) is 3. The van der Waals surface area contributed by atoms with Gasteiger partial charge >= 0.3 is 5.97 Å². The molecular formula is C15H21NO4. The zero-order valence-electron chi connectivity index (χ0n) is 11.7. The van der Waals surface area contributed by atoms with Gasteiger partial charge in [-0.2, -0.15) is 0 Å². The smallest absolute Gasteiger partial charge is 0.303 e. The van der Waals surface area contributed by atoms with E-state index in [1.54, 1.807) is 6.92 Å². The highest BCUT2D eigenvalue weighted by molar-refractivity contribution is 5.75. The van der Waals surface area contributed by atoms with Crippen molar-refractivity contribution < 1.29 is 19.4 Å². The molecule has 0 radical (unpaired) electrons. The summed E-state index contributed by atoms with van der Waals surface area (Å²) in [7, 11) is 0. The van der Waals surface area contributed by atoms with Gasteiger partial charge in [-0.05, 0) is 24.5 Å². The number of benzene rings is 1. The summed E-state index contributed by atoms with van der Waals surface area (Å²) in [6.07, 6.45) is 1.08. The second-order valence-corrected chi connectivity index (χ2v) is 4.77. The Morgan fingerprint density at radius 1 is 1.30 bits per heavy atom. The van der Waals surface area contributed by atoms with Crippen molar-refractivity contribution in [2.45, 2.75) is 26.2 Å². The van der Waals surface area contributed by atoms with Gasteiger partial charge in [0, 0.05) is 19.4 Å². The quantitative estimate of drug-likeness (QED) is 0.679. The largest absolute Gasteiger partial charge is 0.494 e. The van der Waals surface area contributed by atoms with E-state index in [-0.39, 0.29) is 18.2 Å². The molecule has 0 saturated heterocycles. The summed E-state index contributed by atoms with van der Waals surface area (Å²) in [6, 6.07) is 9.44. The van der Waals surface area contributed by atoms with Gasteiger partial charge < -0.3 is 15.2 Å². The number of nitrogens with one attached hydrogen (secondary N) is 1. The number of carbonyl (C=O) groups excluding carboxylic acids is 1. The first-order valence-corrected chi connectivity index (χ1v) is 6.74. The number of carbonyl (C=O) groups is 2. The Bertz CT molecular complexity index is 419. The minimum Gasteiger partial charge on any atom is -0.494 e. The van der Waals surface area contributed by atoms with Crippen LogP contribution in [0, 0.1) is 5.92 Å². The number of aliphatic carboxylic acids is 1. The molecule has 2 N–H and O–H groups in total. The SMILES string of the molecule is CC(CNC(=O)CCCOc1ccccc1)CC(=O)O. The molecule has 1 aromatic carbocycles. The van der Waals surface area contributed by atoms with Crippen LogP contribution >= 0.6 is 0 Å². The third-order valence-electron chi connectivity index (χ3n) is 2.73. The van der Waals surface area contributed by atoms with Crippen molar-refractivity contribution in [3.05, 3.63) is 30.3 Å². The Kier molecular flexibility index (Phi) is 7.17. The normalized spacial score (nSPS) is 11.7. The minimum atomic E-state index is -0.844. The molecule has 0 spiro atoms. The van der Waals surface area contributed by atoms with Crippen LogP contribution in [-0.4, -0.2) is 30.1 Å². The summed E-state index contributed by atoms with van der Waals surface area (Å²) in [4.78, 5) is 22.0. The molecule has 0 bridgehead atoms. The van der Waals surface area contributed by atoms with Gasteiger partial charge in [-0.15, -0.1) is 0 Å². The molecule has 110 valence electrons. The molecule has 1 rings (SSSR count). The lowest BCUT2D eigenvalue weighted by Gasteiger charge is -2.10. The second kappa shape index (κ2) is 8.96. The number of carboxylic acids is 1. The molecule has 0 heterocycles. The molecule has 0 fully saturated rings. The fourth-order valence-electron chi connectivity index (χ4n) is 1.69. The average molecular weight is 279 g/mol. The maximum atomic E-state index is 11.5. The van der Waals surface area contributed by atoms with Crippen LogP contribution in [0.5, 0.6) is 5.75 Å². The molecule has 0 saturated carbocycles. The van der Waals surface area contributed by atoms with Crippen molar-refractivity contribution in [2.24, 2.45) is 5.92 Å². The highest BCUT2D eigenvalue weighted by Crippen LogP contribution is 2.08. The first-order chi connectivity index (χ1) is 9.58. The number of para-hydroxylation sites is 1. The third kappa shape index (κ3) is 7.41. The van der Waals surface area contributed by atoms with Crippen LogP contribution in [0.1, 0.15) is 26.2 Å². The summed E-state index contributed by atoms with van der Waals surface area (Å²) in [5.74, 6) is -0.179. The number of hydrogen-bond donors (Lipinski definition) is 2. The lowest BCUT2D eigenvalue weighted by Crippen LogP contribution is -2.29. The van der Waals surface area contributed by atoms with Crippen molar-refractivity contribution >= 4 is 11.9 Å². The number of ether oxygens (including phenoxy) is 1. The van der Waals surface area contributed by atoms with Gasteiger partial charge in [0.25, 0.3) is 0 Å². The van der Waals surface area contributed by atoms with E-state index >= 15 is 0 Å². The summed E-state index contributed by atoms with van der Waals surface area (Å²) in [6.45, 7) is 2.68. The Hall–Kier alpha value is -2.04. The topological polar surface area (TPSA) is 75.6 Å². The van der Waals surface area contributed by atoms with E-state index in [2.05, 4.69) is 5.32 Å². The molecule has 5 nitrogen and oxygen atoms in total. The maximum absolute atomic E-state index is 11.5. The van der Waals surface area contributed by atoms with Crippen LogP contribution in [0.15, 0.2) is 30.3 Å². The second-order valence-electron chi connectivity index (χ2n) is 4.77. The van der Waals surface area contributed by atoms with Crippen LogP contribution in [-0.2, 0) is 9.59 Å².